The van der Waals surface area contributed by atoms with Crippen molar-refractivity contribution in [2.24, 2.45) is 5.73 Å². The summed E-state index contributed by atoms with van der Waals surface area (Å²) in [4.78, 5) is 20.5. The number of β-amino-alcohol motifs (C(OH)–C–C–N with tert-alkyl or cyclic N) is 1. The Morgan fingerprint density at radius 1 is 1.62 bits per heavy atom. The van der Waals surface area contributed by atoms with Crippen LogP contribution < -0.4 is 10.6 Å². The number of halogens is 1. The van der Waals surface area contributed by atoms with E-state index in [9.17, 15) is 9.90 Å². The van der Waals surface area contributed by atoms with Crippen molar-refractivity contribution in [3.63, 3.8) is 0 Å². The van der Waals surface area contributed by atoms with Crippen LogP contribution in [0.5, 0.6) is 0 Å². The molecule has 0 aliphatic carbocycles. The number of aromatic nitrogens is 2. The average molecular weight is 243 g/mol. The second-order valence-corrected chi connectivity index (χ2v) is 3.97. The summed E-state index contributed by atoms with van der Waals surface area (Å²) in [5.41, 5.74) is 5.20. The number of hydrogen-bond donors (Lipinski definition) is 2. The van der Waals surface area contributed by atoms with Crippen LogP contribution >= 0.6 is 11.6 Å². The number of aliphatic hydroxyl groups is 1. The van der Waals surface area contributed by atoms with E-state index < -0.39 is 5.91 Å². The van der Waals surface area contributed by atoms with Crippen molar-refractivity contribution in [2.45, 2.75) is 12.5 Å². The van der Waals surface area contributed by atoms with Crippen LogP contribution in [0.15, 0.2) is 6.07 Å². The Balaban J connectivity index is 2.30. The van der Waals surface area contributed by atoms with Crippen LogP contribution in [0.25, 0.3) is 0 Å². The van der Waals surface area contributed by atoms with Crippen molar-refractivity contribution in [3.05, 3.63) is 17.0 Å². The second-order valence-electron chi connectivity index (χ2n) is 3.63. The van der Waals surface area contributed by atoms with Crippen LogP contribution in [-0.4, -0.2) is 40.2 Å². The number of anilines is 1. The highest BCUT2D eigenvalue weighted by Gasteiger charge is 2.22. The fourth-order valence-corrected chi connectivity index (χ4v) is 1.82. The molecule has 1 aliphatic rings. The maximum absolute atomic E-state index is 11.0. The van der Waals surface area contributed by atoms with Crippen molar-refractivity contribution in [1.82, 2.24) is 9.97 Å². The number of nitrogens with zero attached hydrogens (tertiary/aromatic N) is 3. The Morgan fingerprint density at radius 3 is 2.94 bits per heavy atom. The lowest BCUT2D eigenvalue weighted by atomic mass is 10.3. The van der Waals surface area contributed by atoms with Gasteiger partial charge in [-0.25, -0.2) is 9.97 Å². The molecule has 2 rings (SSSR count). The maximum Gasteiger partial charge on any atom is 0.267 e. The predicted octanol–water partition coefficient (Wildman–Crippen LogP) is -0.200. The van der Waals surface area contributed by atoms with Crippen LogP contribution in [0.4, 0.5) is 5.82 Å². The number of rotatable bonds is 2. The molecule has 1 saturated heterocycles. The van der Waals surface area contributed by atoms with Crippen LogP contribution in [-0.2, 0) is 0 Å². The van der Waals surface area contributed by atoms with E-state index in [1.54, 1.807) is 0 Å². The van der Waals surface area contributed by atoms with Gasteiger partial charge in [0, 0.05) is 19.2 Å². The van der Waals surface area contributed by atoms with Gasteiger partial charge in [-0.2, -0.15) is 0 Å². The molecule has 1 aromatic rings. The Hall–Kier alpha value is -1.40. The van der Waals surface area contributed by atoms with E-state index in [1.165, 1.54) is 6.07 Å². The van der Waals surface area contributed by atoms with Crippen molar-refractivity contribution >= 4 is 23.3 Å². The smallest absolute Gasteiger partial charge is 0.267 e. The molecule has 2 heterocycles. The van der Waals surface area contributed by atoms with Crippen LogP contribution in [0.2, 0.25) is 5.28 Å². The number of primary amides is 1. The molecule has 6 nitrogen and oxygen atoms in total. The van der Waals surface area contributed by atoms with Gasteiger partial charge >= 0.3 is 0 Å². The van der Waals surface area contributed by atoms with E-state index in [4.69, 9.17) is 17.3 Å². The van der Waals surface area contributed by atoms with Crippen molar-refractivity contribution < 1.29 is 9.90 Å². The highest BCUT2D eigenvalue weighted by Crippen LogP contribution is 2.20. The number of hydrogen-bond acceptors (Lipinski definition) is 5. The number of amides is 1. The zero-order chi connectivity index (χ0) is 11.7. The highest BCUT2D eigenvalue weighted by atomic mass is 35.5. The summed E-state index contributed by atoms with van der Waals surface area (Å²) >= 11 is 5.69. The zero-order valence-electron chi connectivity index (χ0n) is 8.43. The standard InChI is InChI=1S/C9H11ClN4O2/c10-9-12-6(8(11)16)3-7(13-9)14-2-1-5(15)4-14/h3,5,15H,1-2,4H2,(H2,11,16)/t5-/m1/s1. The molecule has 0 unspecified atom stereocenters. The molecule has 1 aliphatic heterocycles. The van der Waals surface area contributed by atoms with E-state index in [1.807, 2.05) is 4.90 Å². The molecule has 7 heteroatoms. The van der Waals surface area contributed by atoms with Gasteiger partial charge in [0.05, 0.1) is 6.10 Å². The summed E-state index contributed by atoms with van der Waals surface area (Å²) in [7, 11) is 0. The molecule has 0 saturated carbocycles. The third-order valence-corrected chi connectivity index (χ3v) is 2.59. The van der Waals surface area contributed by atoms with E-state index in [2.05, 4.69) is 9.97 Å². The maximum atomic E-state index is 11.0. The molecule has 0 radical (unpaired) electrons. The molecule has 1 fully saturated rings. The first-order valence-corrected chi connectivity index (χ1v) is 5.21. The molecule has 0 aromatic carbocycles. The number of carbonyl (C=O) groups excluding carboxylic acids is 1. The van der Waals surface area contributed by atoms with Gasteiger partial charge in [0.25, 0.3) is 5.91 Å². The van der Waals surface area contributed by atoms with Crippen LogP contribution in [0, 0.1) is 0 Å². The average Bonchev–Trinajstić information content (AvgIpc) is 2.64. The molecule has 1 atom stereocenters. The molecule has 0 spiro atoms. The predicted molar refractivity (Wildman–Crippen MR) is 58.4 cm³/mol. The molecular weight excluding hydrogens is 232 g/mol. The van der Waals surface area contributed by atoms with Gasteiger partial charge in [0.1, 0.15) is 11.5 Å². The van der Waals surface area contributed by atoms with E-state index in [0.717, 1.165) is 0 Å². The molecular formula is C9H11ClN4O2. The van der Waals surface area contributed by atoms with Crippen molar-refractivity contribution in [1.29, 1.82) is 0 Å². The largest absolute Gasteiger partial charge is 0.391 e. The molecule has 0 bridgehead atoms. The van der Waals surface area contributed by atoms with Crippen molar-refractivity contribution in [2.75, 3.05) is 18.0 Å². The van der Waals surface area contributed by atoms with Crippen molar-refractivity contribution in [3.8, 4) is 0 Å². The SMILES string of the molecule is NC(=O)c1cc(N2CC[C@@H](O)C2)nc(Cl)n1. The summed E-state index contributed by atoms with van der Waals surface area (Å²) in [5.74, 6) is -0.129. The summed E-state index contributed by atoms with van der Waals surface area (Å²) in [5, 5.41) is 9.38. The Bertz CT molecular complexity index is 426. The quantitative estimate of drug-likeness (QED) is 0.701. The van der Waals surface area contributed by atoms with Gasteiger partial charge in [-0.15, -0.1) is 0 Å². The first-order chi connectivity index (χ1) is 7.56. The Morgan fingerprint density at radius 2 is 2.38 bits per heavy atom. The summed E-state index contributed by atoms with van der Waals surface area (Å²) in [6, 6.07) is 1.48. The minimum atomic E-state index is -0.648. The molecule has 86 valence electrons. The normalized spacial score (nSPS) is 20.1. The molecule has 1 amide bonds. The number of aliphatic hydroxyl groups excluding tert-OH is 1. The summed E-state index contributed by atoms with van der Waals surface area (Å²) in [6.07, 6.45) is 0.304. The minimum Gasteiger partial charge on any atom is -0.391 e. The zero-order valence-corrected chi connectivity index (χ0v) is 9.18. The van der Waals surface area contributed by atoms with E-state index in [0.29, 0.717) is 25.3 Å². The van der Waals surface area contributed by atoms with Gasteiger partial charge in [-0.3, -0.25) is 4.79 Å². The first kappa shape index (κ1) is 11.1. The minimum absolute atomic E-state index is 0.0207. The summed E-state index contributed by atoms with van der Waals surface area (Å²) in [6.45, 7) is 1.15. The third kappa shape index (κ3) is 2.23. The Kier molecular flexibility index (Phi) is 2.93. The van der Waals surface area contributed by atoms with Gasteiger partial charge in [0.2, 0.25) is 5.28 Å². The van der Waals surface area contributed by atoms with E-state index in [-0.39, 0.29) is 17.1 Å². The van der Waals surface area contributed by atoms with Gasteiger partial charge in [-0.05, 0) is 18.0 Å². The number of nitrogens with two attached hydrogens (primary N) is 1. The van der Waals surface area contributed by atoms with Gasteiger partial charge in [-0.1, -0.05) is 0 Å². The number of carbonyl (C=O) groups is 1. The molecule has 3 N–H and O–H groups in total. The lowest BCUT2D eigenvalue weighted by Gasteiger charge is -2.16. The second kappa shape index (κ2) is 4.23. The fraction of sp³-hybridized carbons (Fsp3) is 0.444. The Labute approximate surface area is 97.0 Å². The first-order valence-electron chi connectivity index (χ1n) is 4.83. The van der Waals surface area contributed by atoms with Gasteiger partial charge in [0.15, 0.2) is 0 Å². The van der Waals surface area contributed by atoms with Gasteiger partial charge < -0.3 is 15.7 Å². The lowest BCUT2D eigenvalue weighted by molar-refractivity contribution is 0.0995. The highest BCUT2D eigenvalue weighted by molar-refractivity contribution is 6.28. The monoisotopic (exact) mass is 242 g/mol. The fourth-order valence-electron chi connectivity index (χ4n) is 1.64. The van der Waals surface area contributed by atoms with Crippen LogP contribution in [0.3, 0.4) is 0 Å². The topological polar surface area (TPSA) is 92.3 Å². The molecule has 1 aromatic heterocycles. The third-order valence-electron chi connectivity index (χ3n) is 2.43. The van der Waals surface area contributed by atoms with Crippen LogP contribution in [0.1, 0.15) is 16.9 Å². The molecule has 16 heavy (non-hydrogen) atoms. The lowest BCUT2D eigenvalue weighted by Crippen LogP contribution is -2.23. The summed E-state index contributed by atoms with van der Waals surface area (Å²) < 4.78 is 0. The van der Waals surface area contributed by atoms with E-state index >= 15 is 0 Å².